The molecule has 2 atom stereocenters. The zero-order valence-corrected chi connectivity index (χ0v) is 15.0. The molecule has 1 fully saturated rings. The minimum Gasteiger partial charge on any atom is -0.444 e. The maximum atomic E-state index is 13.6. The lowest BCUT2D eigenvalue weighted by atomic mass is 10.1. The van der Waals surface area contributed by atoms with Crippen LogP contribution in [-0.2, 0) is 4.74 Å². The van der Waals surface area contributed by atoms with Crippen LogP contribution in [0.15, 0.2) is 18.3 Å². The highest BCUT2D eigenvalue weighted by atomic mass is 35.5. The number of hydrogen-bond donors (Lipinski definition) is 1. The van der Waals surface area contributed by atoms with Crippen LogP contribution < -0.4 is 5.32 Å². The van der Waals surface area contributed by atoms with E-state index in [0.717, 1.165) is 6.20 Å². The van der Waals surface area contributed by atoms with Crippen LogP contribution in [-0.4, -0.2) is 46.9 Å². The number of nitrogens with one attached hydrogen (secondary N) is 1. The molecule has 9 heteroatoms. The van der Waals surface area contributed by atoms with Gasteiger partial charge in [-0.3, -0.25) is 4.90 Å². The van der Waals surface area contributed by atoms with Crippen LogP contribution in [0.1, 0.15) is 38.8 Å². The number of alkyl carbamates (subject to hydrolysis) is 1. The minimum absolute atomic E-state index is 0.0230. The van der Waals surface area contributed by atoms with Crippen LogP contribution in [0.4, 0.5) is 18.0 Å². The van der Waals surface area contributed by atoms with E-state index in [1.54, 1.807) is 20.8 Å². The first-order valence-corrected chi connectivity index (χ1v) is 8.25. The van der Waals surface area contributed by atoms with Gasteiger partial charge in [-0.2, -0.15) is 13.2 Å². The molecule has 2 heterocycles. The number of hydrogen-bond acceptors (Lipinski definition) is 4. The van der Waals surface area contributed by atoms with E-state index in [0.29, 0.717) is 6.42 Å². The molecule has 2 rings (SSSR count). The molecule has 0 saturated carbocycles. The Morgan fingerprint density at radius 2 is 2.08 bits per heavy atom. The molecule has 1 aromatic heterocycles. The molecule has 1 saturated heterocycles. The van der Waals surface area contributed by atoms with Crippen molar-refractivity contribution in [1.82, 2.24) is 15.2 Å². The summed E-state index contributed by atoms with van der Waals surface area (Å²) in [5.41, 5.74) is -0.638. The van der Waals surface area contributed by atoms with Crippen molar-refractivity contribution in [3.05, 3.63) is 29.0 Å². The van der Waals surface area contributed by atoms with Gasteiger partial charge in [0.2, 0.25) is 0 Å². The number of likely N-dealkylation sites (tertiary alicyclic amines) is 1. The molecule has 0 aromatic carbocycles. The van der Waals surface area contributed by atoms with Gasteiger partial charge < -0.3 is 10.1 Å². The summed E-state index contributed by atoms with van der Waals surface area (Å²) < 4.78 is 45.8. The lowest BCUT2D eigenvalue weighted by Gasteiger charge is -2.30. The monoisotopic (exact) mass is 379 g/mol. The smallest absolute Gasteiger partial charge is 0.408 e. The Labute approximate surface area is 149 Å². The van der Waals surface area contributed by atoms with Crippen molar-refractivity contribution in [2.75, 3.05) is 13.1 Å². The summed E-state index contributed by atoms with van der Waals surface area (Å²) in [5, 5.41) is 2.76. The number of amides is 1. The standard InChI is InChI=1S/C16H21ClF3N3O2/c1-15(2,3)25-14(24)22-11-6-7-23(9-11)13(16(18,19)20)10-4-5-12(17)21-8-10/h4-5,8,11,13H,6-7,9H2,1-3H3,(H,22,24)/t11-,13+/m0/s1. The van der Waals surface area contributed by atoms with Crippen molar-refractivity contribution in [3.63, 3.8) is 0 Å². The van der Waals surface area contributed by atoms with Gasteiger partial charge in [0.25, 0.3) is 0 Å². The van der Waals surface area contributed by atoms with Gasteiger partial charge in [-0.05, 0) is 38.8 Å². The number of carbonyl (C=O) groups excluding carboxylic acids is 1. The van der Waals surface area contributed by atoms with Crippen molar-refractivity contribution in [2.45, 2.75) is 51.1 Å². The Morgan fingerprint density at radius 3 is 2.60 bits per heavy atom. The van der Waals surface area contributed by atoms with Gasteiger partial charge in [0, 0.05) is 25.3 Å². The summed E-state index contributed by atoms with van der Waals surface area (Å²) in [6.45, 7) is 5.45. The maximum Gasteiger partial charge on any atom is 0.408 e. The predicted molar refractivity (Wildman–Crippen MR) is 87.4 cm³/mol. The van der Waals surface area contributed by atoms with E-state index in [4.69, 9.17) is 16.3 Å². The summed E-state index contributed by atoms with van der Waals surface area (Å²) in [6, 6.07) is 0.465. The van der Waals surface area contributed by atoms with E-state index in [1.165, 1.54) is 17.0 Å². The van der Waals surface area contributed by atoms with Gasteiger partial charge in [-0.1, -0.05) is 17.7 Å². The van der Waals surface area contributed by atoms with Crippen LogP contribution in [0.25, 0.3) is 0 Å². The topological polar surface area (TPSA) is 54.5 Å². The highest BCUT2D eigenvalue weighted by molar-refractivity contribution is 6.29. The quantitative estimate of drug-likeness (QED) is 0.808. The summed E-state index contributed by atoms with van der Waals surface area (Å²) >= 11 is 5.66. The molecule has 0 unspecified atom stereocenters. The van der Waals surface area contributed by atoms with Crippen LogP contribution in [0.5, 0.6) is 0 Å². The molecule has 1 aromatic rings. The molecule has 0 aliphatic carbocycles. The number of carbonyl (C=O) groups is 1. The fourth-order valence-corrected chi connectivity index (χ4v) is 2.88. The van der Waals surface area contributed by atoms with E-state index < -0.39 is 30.0 Å². The molecule has 5 nitrogen and oxygen atoms in total. The molecule has 140 valence electrons. The molecule has 1 N–H and O–H groups in total. The SMILES string of the molecule is CC(C)(C)OC(=O)N[C@H]1CCN([C@H](c2ccc(Cl)nc2)C(F)(F)F)C1. The second-order valence-electron chi connectivity index (χ2n) is 6.99. The van der Waals surface area contributed by atoms with E-state index in [1.807, 2.05) is 0 Å². The third-order valence-corrected chi connectivity index (χ3v) is 3.91. The Morgan fingerprint density at radius 1 is 1.40 bits per heavy atom. The van der Waals surface area contributed by atoms with Gasteiger partial charge >= 0.3 is 12.3 Å². The Kier molecular flexibility index (Phi) is 5.83. The van der Waals surface area contributed by atoms with Gasteiger partial charge in [-0.25, -0.2) is 9.78 Å². The highest BCUT2D eigenvalue weighted by Gasteiger charge is 2.47. The van der Waals surface area contributed by atoms with E-state index >= 15 is 0 Å². The van der Waals surface area contributed by atoms with Crippen LogP contribution in [0, 0.1) is 0 Å². The second kappa shape index (κ2) is 7.37. The Bertz CT molecular complexity index is 602. The number of ether oxygens (including phenoxy) is 1. The fraction of sp³-hybridized carbons (Fsp3) is 0.625. The number of halogens is 4. The highest BCUT2D eigenvalue weighted by Crippen LogP contribution is 2.39. The number of rotatable bonds is 3. The van der Waals surface area contributed by atoms with Crippen molar-refractivity contribution in [1.29, 1.82) is 0 Å². The molecule has 0 spiro atoms. The maximum absolute atomic E-state index is 13.6. The van der Waals surface area contributed by atoms with Crippen LogP contribution in [0.3, 0.4) is 0 Å². The lowest BCUT2D eigenvalue weighted by Crippen LogP contribution is -2.42. The minimum atomic E-state index is -4.46. The van der Waals surface area contributed by atoms with Gasteiger partial charge in [0.1, 0.15) is 16.8 Å². The Hall–Kier alpha value is -1.54. The molecule has 0 radical (unpaired) electrons. The number of alkyl halides is 3. The van der Waals surface area contributed by atoms with E-state index in [9.17, 15) is 18.0 Å². The zero-order valence-electron chi connectivity index (χ0n) is 14.2. The van der Waals surface area contributed by atoms with Gasteiger partial charge in [-0.15, -0.1) is 0 Å². The molecule has 1 aliphatic rings. The van der Waals surface area contributed by atoms with E-state index in [-0.39, 0.29) is 23.8 Å². The average molecular weight is 380 g/mol. The van der Waals surface area contributed by atoms with E-state index in [2.05, 4.69) is 10.3 Å². The summed E-state index contributed by atoms with van der Waals surface area (Å²) in [7, 11) is 0. The van der Waals surface area contributed by atoms with Crippen molar-refractivity contribution >= 4 is 17.7 Å². The van der Waals surface area contributed by atoms with Gasteiger partial charge in [0.05, 0.1) is 0 Å². The summed E-state index contributed by atoms with van der Waals surface area (Å²) in [5.74, 6) is 0. The van der Waals surface area contributed by atoms with Crippen molar-refractivity contribution in [3.8, 4) is 0 Å². The molecule has 0 bridgehead atoms. The molecule has 1 aliphatic heterocycles. The molecular weight excluding hydrogens is 359 g/mol. The summed E-state index contributed by atoms with van der Waals surface area (Å²) in [6.07, 6.45) is -3.55. The second-order valence-corrected chi connectivity index (χ2v) is 7.37. The zero-order chi connectivity index (χ0) is 18.8. The molecule has 25 heavy (non-hydrogen) atoms. The molecule has 1 amide bonds. The normalized spacial score (nSPS) is 20.4. The van der Waals surface area contributed by atoms with Gasteiger partial charge in [0.15, 0.2) is 0 Å². The van der Waals surface area contributed by atoms with Crippen molar-refractivity contribution in [2.24, 2.45) is 0 Å². The summed E-state index contributed by atoms with van der Waals surface area (Å²) in [4.78, 5) is 16.8. The fourth-order valence-electron chi connectivity index (χ4n) is 2.77. The molecular formula is C16H21ClF3N3O2. The first kappa shape index (κ1) is 19.8. The third-order valence-electron chi connectivity index (χ3n) is 3.68. The first-order valence-electron chi connectivity index (χ1n) is 7.87. The lowest BCUT2D eigenvalue weighted by molar-refractivity contribution is -0.183. The first-order chi connectivity index (χ1) is 11.5. The predicted octanol–water partition coefficient (Wildman–Crippen LogP) is 3.94. The van der Waals surface area contributed by atoms with Crippen molar-refractivity contribution < 1.29 is 22.7 Å². The van der Waals surface area contributed by atoms with Crippen LogP contribution >= 0.6 is 11.6 Å². The van der Waals surface area contributed by atoms with Crippen LogP contribution in [0.2, 0.25) is 5.15 Å². The average Bonchev–Trinajstić information content (AvgIpc) is 2.85. The number of aromatic nitrogens is 1. The number of nitrogens with zero attached hydrogens (tertiary/aromatic N) is 2. The Balaban J connectivity index is 2.06. The third kappa shape index (κ3) is 5.74. The largest absolute Gasteiger partial charge is 0.444 e. The number of pyridine rings is 1.